The van der Waals surface area contributed by atoms with Gasteiger partial charge in [-0.2, -0.15) is 0 Å². The zero-order valence-electron chi connectivity index (χ0n) is 10.9. The largest absolute Gasteiger partial charge is 0.458 e. The maximum absolute atomic E-state index is 11.8. The summed E-state index contributed by atoms with van der Waals surface area (Å²) in [6, 6.07) is 0. The van der Waals surface area contributed by atoms with Gasteiger partial charge in [-0.15, -0.1) is 0 Å². The van der Waals surface area contributed by atoms with Gasteiger partial charge in [-0.05, 0) is 33.1 Å². The summed E-state index contributed by atoms with van der Waals surface area (Å²) in [5.74, 6) is 0.254. The van der Waals surface area contributed by atoms with Crippen LogP contribution >= 0.6 is 0 Å². The molecule has 3 nitrogen and oxygen atoms in total. The predicted molar refractivity (Wildman–Crippen MR) is 65.8 cm³/mol. The normalized spacial score (nSPS) is 49.4. The van der Waals surface area contributed by atoms with Gasteiger partial charge in [0.05, 0.1) is 6.10 Å². The van der Waals surface area contributed by atoms with Crippen LogP contribution in [0.3, 0.4) is 0 Å². The van der Waals surface area contributed by atoms with Crippen molar-refractivity contribution in [2.75, 3.05) is 0 Å². The van der Waals surface area contributed by atoms with Crippen LogP contribution in [0.25, 0.3) is 0 Å². The Kier molecular flexibility index (Phi) is 1.85. The van der Waals surface area contributed by atoms with E-state index in [2.05, 4.69) is 20.4 Å². The van der Waals surface area contributed by atoms with Crippen LogP contribution in [-0.4, -0.2) is 23.8 Å². The molecule has 0 N–H and O–H groups in total. The highest BCUT2D eigenvalue weighted by Crippen LogP contribution is 2.61. The summed E-state index contributed by atoms with van der Waals surface area (Å²) in [4.78, 5) is 11.8. The minimum Gasteiger partial charge on any atom is -0.458 e. The Morgan fingerprint density at radius 1 is 1.44 bits per heavy atom. The number of epoxide rings is 1. The Hall–Kier alpha value is -1.09. The number of carbonyl (C=O) groups is 1. The van der Waals surface area contributed by atoms with Crippen molar-refractivity contribution in [3.05, 3.63) is 23.3 Å². The lowest BCUT2D eigenvalue weighted by atomic mass is 9.81. The van der Waals surface area contributed by atoms with Gasteiger partial charge in [0, 0.05) is 17.4 Å². The van der Waals surface area contributed by atoms with Crippen LogP contribution in [0, 0.1) is 11.8 Å². The molecule has 0 aromatic heterocycles. The third-order valence-corrected chi connectivity index (χ3v) is 5.43. The van der Waals surface area contributed by atoms with Crippen molar-refractivity contribution in [2.24, 2.45) is 11.8 Å². The van der Waals surface area contributed by atoms with Gasteiger partial charge in [-0.25, -0.2) is 4.79 Å². The number of hydrogen-bond donors (Lipinski definition) is 0. The van der Waals surface area contributed by atoms with Gasteiger partial charge in [-0.1, -0.05) is 17.7 Å². The molecule has 4 rings (SSSR count). The van der Waals surface area contributed by atoms with E-state index in [1.165, 1.54) is 11.1 Å². The molecule has 4 aliphatic rings. The van der Waals surface area contributed by atoms with Crippen LogP contribution in [0.15, 0.2) is 23.3 Å². The van der Waals surface area contributed by atoms with E-state index in [1.54, 1.807) is 0 Å². The first-order valence-corrected chi connectivity index (χ1v) is 6.78. The van der Waals surface area contributed by atoms with Crippen LogP contribution < -0.4 is 0 Å². The average molecular weight is 246 g/mol. The fourth-order valence-electron chi connectivity index (χ4n) is 4.23. The molecule has 0 aromatic carbocycles. The van der Waals surface area contributed by atoms with Crippen molar-refractivity contribution in [3.63, 3.8) is 0 Å². The van der Waals surface area contributed by atoms with Crippen molar-refractivity contribution in [3.8, 4) is 0 Å². The van der Waals surface area contributed by atoms with E-state index in [1.807, 2.05) is 0 Å². The van der Waals surface area contributed by atoms with Gasteiger partial charge in [-0.3, -0.25) is 0 Å². The monoisotopic (exact) mass is 246 g/mol. The number of allylic oxidation sites excluding steroid dienone is 1. The molecule has 3 heteroatoms. The average Bonchev–Trinajstić information content (AvgIpc) is 2.82. The number of esters is 1. The van der Waals surface area contributed by atoms with E-state index >= 15 is 0 Å². The summed E-state index contributed by atoms with van der Waals surface area (Å²) in [5, 5.41) is 0. The predicted octanol–water partition coefficient (Wildman–Crippen LogP) is 2.37. The lowest BCUT2D eigenvalue weighted by Crippen LogP contribution is -2.34. The highest BCUT2D eigenvalue weighted by Gasteiger charge is 2.68. The van der Waals surface area contributed by atoms with Gasteiger partial charge in [0.2, 0.25) is 0 Å². The molecule has 96 valence electrons. The topological polar surface area (TPSA) is 38.8 Å². The number of fused-ring (bicyclic) bond motifs is 5. The molecule has 0 radical (unpaired) electrons. The van der Waals surface area contributed by atoms with Crippen molar-refractivity contribution in [1.82, 2.24) is 0 Å². The summed E-state index contributed by atoms with van der Waals surface area (Å²) < 4.78 is 11.5. The number of ether oxygens (including phenoxy) is 2. The smallest absolute Gasteiger partial charge is 0.334 e. The van der Waals surface area contributed by atoms with Crippen molar-refractivity contribution in [2.45, 2.75) is 50.9 Å². The first-order valence-electron chi connectivity index (χ1n) is 6.78. The number of carbonyl (C=O) groups excluding carboxylic acids is 1. The molecule has 0 bridgehead atoms. The van der Waals surface area contributed by atoms with E-state index in [4.69, 9.17) is 9.47 Å². The second-order valence-corrected chi connectivity index (χ2v) is 6.32. The summed E-state index contributed by atoms with van der Waals surface area (Å²) in [6.45, 7) is 8.32. The third-order valence-electron chi connectivity index (χ3n) is 5.43. The Morgan fingerprint density at radius 2 is 2.22 bits per heavy atom. The standard InChI is InChI=1S/C15H18O3/c1-7-4-5-9-8(2)14(16)17-13(9)12-10(7)6-11-15(12,3)18-11/h9,11-13H,2,4-6H2,1,3H3/t9-,11+,12-,13-,15+/m0/s1. The quantitative estimate of drug-likeness (QED) is 0.285. The fourth-order valence-corrected chi connectivity index (χ4v) is 4.23. The maximum atomic E-state index is 11.8. The molecule has 2 heterocycles. The van der Waals surface area contributed by atoms with Crippen LogP contribution in [0.1, 0.15) is 33.1 Å². The molecule has 2 aliphatic carbocycles. The summed E-state index contributed by atoms with van der Waals surface area (Å²) in [6.07, 6.45) is 3.39. The lowest BCUT2D eigenvalue weighted by Gasteiger charge is -2.27. The molecule has 18 heavy (non-hydrogen) atoms. The third kappa shape index (κ3) is 1.11. The molecule has 2 saturated heterocycles. The summed E-state index contributed by atoms with van der Waals surface area (Å²) in [7, 11) is 0. The van der Waals surface area contributed by atoms with E-state index in [0.717, 1.165) is 19.3 Å². The molecule has 3 fully saturated rings. The van der Waals surface area contributed by atoms with Crippen molar-refractivity contribution in [1.29, 1.82) is 0 Å². The lowest BCUT2D eigenvalue weighted by molar-refractivity contribution is -0.141. The molecule has 0 aromatic rings. The minimum absolute atomic E-state index is 0.0325. The van der Waals surface area contributed by atoms with E-state index in [0.29, 0.717) is 11.7 Å². The second-order valence-electron chi connectivity index (χ2n) is 6.32. The van der Waals surface area contributed by atoms with Crippen LogP contribution in [0.5, 0.6) is 0 Å². The molecule has 0 amide bonds. The van der Waals surface area contributed by atoms with Crippen molar-refractivity contribution < 1.29 is 14.3 Å². The maximum Gasteiger partial charge on any atom is 0.334 e. The first kappa shape index (κ1) is 10.8. The van der Waals surface area contributed by atoms with Gasteiger partial charge in [0.25, 0.3) is 0 Å². The van der Waals surface area contributed by atoms with Crippen molar-refractivity contribution >= 4 is 5.97 Å². The van der Waals surface area contributed by atoms with E-state index in [-0.39, 0.29) is 29.5 Å². The zero-order valence-corrected chi connectivity index (χ0v) is 10.9. The molecule has 1 saturated carbocycles. The molecule has 2 aliphatic heterocycles. The first-order chi connectivity index (χ1) is 8.52. The van der Waals surface area contributed by atoms with Crippen LogP contribution in [-0.2, 0) is 14.3 Å². The van der Waals surface area contributed by atoms with E-state index in [9.17, 15) is 4.79 Å². The van der Waals surface area contributed by atoms with Gasteiger partial charge >= 0.3 is 5.97 Å². The second kappa shape index (κ2) is 3.08. The van der Waals surface area contributed by atoms with Gasteiger partial charge in [0.15, 0.2) is 0 Å². The highest BCUT2D eigenvalue weighted by molar-refractivity contribution is 5.91. The van der Waals surface area contributed by atoms with Crippen LogP contribution in [0.4, 0.5) is 0 Å². The summed E-state index contributed by atoms with van der Waals surface area (Å²) >= 11 is 0. The van der Waals surface area contributed by atoms with Gasteiger partial charge < -0.3 is 9.47 Å². The Bertz CT molecular complexity index is 504. The molecular formula is C15H18O3. The minimum atomic E-state index is -0.198. The zero-order chi connectivity index (χ0) is 12.7. The number of rotatable bonds is 0. The molecular weight excluding hydrogens is 228 g/mol. The van der Waals surface area contributed by atoms with Crippen LogP contribution in [0.2, 0.25) is 0 Å². The Labute approximate surface area is 107 Å². The Balaban J connectivity index is 1.81. The molecule has 0 spiro atoms. The fraction of sp³-hybridized carbons (Fsp3) is 0.667. The molecule has 5 atom stereocenters. The Morgan fingerprint density at radius 3 is 3.00 bits per heavy atom. The highest BCUT2D eigenvalue weighted by atomic mass is 16.6. The number of hydrogen-bond acceptors (Lipinski definition) is 3. The SMILES string of the molecule is C=C1C(=O)O[C@H]2[C@H]1CCC(C)=C1C[C@H]3O[C@@]3(C)[C@@H]12. The van der Waals surface area contributed by atoms with E-state index < -0.39 is 0 Å². The van der Waals surface area contributed by atoms with Gasteiger partial charge in [0.1, 0.15) is 11.7 Å². The summed E-state index contributed by atoms with van der Waals surface area (Å²) in [5.41, 5.74) is 3.55. The molecule has 0 unspecified atom stereocenters.